The van der Waals surface area contributed by atoms with Crippen molar-refractivity contribution in [3.63, 3.8) is 0 Å². The number of nitrogens with one attached hydrogen (secondary N) is 3. The Labute approximate surface area is 272 Å². The molecule has 2 saturated heterocycles. The molecule has 5 N–H and O–H groups in total. The number of likely N-dealkylation sites (tertiary alicyclic amines) is 1. The van der Waals surface area contributed by atoms with E-state index in [1.165, 1.54) is 23.1 Å². The molecule has 0 radical (unpaired) electrons. The molecule has 2 heterocycles. The lowest BCUT2D eigenvalue weighted by molar-refractivity contribution is -0.139. The molecule has 254 valence electrons. The van der Waals surface area contributed by atoms with Gasteiger partial charge in [0.25, 0.3) is 11.8 Å². The summed E-state index contributed by atoms with van der Waals surface area (Å²) in [5.74, 6) is -1.58. The monoisotopic (exact) mass is 641 g/mol. The van der Waals surface area contributed by atoms with E-state index in [0.717, 1.165) is 6.42 Å². The lowest BCUT2D eigenvalue weighted by Crippen LogP contribution is -2.50. The van der Waals surface area contributed by atoms with Crippen LogP contribution in [0.25, 0.3) is 0 Å². The molecule has 0 saturated carbocycles. The molecule has 0 bridgehead atoms. The Morgan fingerprint density at radius 2 is 1.65 bits per heavy atom. The fourth-order valence-corrected chi connectivity index (χ4v) is 5.89. The van der Waals surface area contributed by atoms with Gasteiger partial charge in [-0.2, -0.15) is 0 Å². The highest BCUT2D eigenvalue weighted by Gasteiger charge is 2.41. The number of nitrogen functional groups attached to an aromatic ring is 1. The molecule has 0 aliphatic carbocycles. The van der Waals surface area contributed by atoms with Crippen molar-refractivity contribution in [3.8, 4) is 0 Å². The molecule has 3 rings (SSSR count). The minimum atomic E-state index is -0.684. The smallest absolute Gasteiger partial charge is 0.255 e. The summed E-state index contributed by atoms with van der Waals surface area (Å²) in [6.45, 7) is 10.5. The molecule has 2 aliphatic heterocycles. The number of carbonyl (C=O) groups is 6. The van der Waals surface area contributed by atoms with Gasteiger partial charge in [0.05, 0.1) is 19.3 Å². The highest BCUT2D eigenvalue weighted by Crippen LogP contribution is 2.25. The van der Waals surface area contributed by atoms with Crippen molar-refractivity contribution in [2.24, 2.45) is 11.8 Å². The minimum Gasteiger partial charge on any atom is -0.399 e. The maximum Gasteiger partial charge on any atom is 0.255 e. The Bertz CT molecular complexity index is 1300. The second-order valence-electron chi connectivity index (χ2n) is 12.8. The Morgan fingerprint density at radius 3 is 2.28 bits per heavy atom. The summed E-state index contributed by atoms with van der Waals surface area (Å²) in [4.78, 5) is 83.0. The quantitative estimate of drug-likeness (QED) is 0.221. The molecular weight excluding hydrogens is 590 g/mol. The number of benzene rings is 1. The van der Waals surface area contributed by atoms with E-state index in [1.807, 2.05) is 20.8 Å². The van der Waals surface area contributed by atoms with Crippen LogP contribution in [0.15, 0.2) is 18.2 Å². The van der Waals surface area contributed by atoms with Gasteiger partial charge in [-0.25, -0.2) is 0 Å². The first-order valence-corrected chi connectivity index (χ1v) is 16.4. The predicted octanol–water partition coefficient (Wildman–Crippen LogP) is 1.38. The second kappa shape index (κ2) is 16.5. The van der Waals surface area contributed by atoms with E-state index >= 15 is 0 Å². The van der Waals surface area contributed by atoms with Crippen molar-refractivity contribution >= 4 is 41.0 Å². The van der Waals surface area contributed by atoms with Gasteiger partial charge in [-0.3, -0.25) is 28.8 Å². The first-order chi connectivity index (χ1) is 21.8. The normalized spacial score (nSPS) is 19.2. The predicted molar refractivity (Wildman–Crippen MR) is 175 cm³/mol. The molecule has 0 aromatic heterocycles. The van der Waals surface area contributed by atoms with Crippen LogP contribution < -0.4 is 21.7 Å². The van der Waals surface area contributed by atoms with Gasteiger partial charge in [0.2, 0.25) is 17.7 Å². The number of hydrogen-bond acceptors (Lipinski definition) is 8. The highest BCUT2D eigenvalue weighted by molar-refractivity contribution is 6.01. The van der Waals surface area contributed by atoms with Crippen LogP contribution in [0, 0.1) is 11.8 Å². The number of nitrogens with two attached hydrogens (primary N) is 1. The first kappa shape index (κ1) is 36.5. The molecular formula is C33H51N7O6. The number of nitrogens with zero attached hydrogens (tertiary/aromatic N) is 3. The molecule has 46 heavy (non-hydrogen) atoms. The number of amides is 5. The van der Waals surface area contributed by atoms with E-state index in [0.29, 0.717) is 32.2 Å². The number of ketones is 1. The van der Waals surface area contributed by atoms with Gasteiger partial charge in [0.1, 0.15) is 6.04 Å². The summed E-state index contributed by atoms with van der Waals surface area (Å²) in [5, 5.41) is 8.48. The maximum absolute atomic E-state index is 13.5. The van der Waals surface area contributed by atoms with Gasteiger partial charge in [0.15, 0.2) is 5.78 Å². The van der Waals surface area contributed by atoms with Crippen molar-refractivity contribution in [3.05, 3.63) is 29.3 Å². The number of rotatable bonds is 14. The van der Waals surface area contributed by atoms with E-state index in [-0.39, 0.29) is 84.4 Å². The SMILES string of the molecule is CCCC(NC(=O)CNC)C(=O)N1CCN(C(=O)c2cc(N)cc(C(=O)NC3CC(C(=O)C(C)C)N(C(=O)CC(C)CC)C3)c2)C1. The standard InChI is InChI=1S/C33H51N7O6/c1-7-9-26(37-28(41)17-35-6)33(46)39-11-10-38(19-39)32(45)23-13-22(14-24(34)15-23)31(44)36-25-16-27(30(43)20(3)4)40(18-25)29(42)12-21(5)8-2/h13-15,20-21,25-27,35H,7-12,16-19,34H2,1-6H3,(H,36,44)(H,37,41). The van der Waals surface area contributed by atoms with Crippen molar-refractivity contribution in [1.29, 1.82) is 0 Å². The van der Waals surface area contributed by atoms with Crippen LogP contribution in [0.1, 0.15) is 87.4 Å². The van der Waals surface area contributed by atoms with E-state index in [4.69, 9.17) is 5.73 Å². The highest BCUT2D eigenvalue weighted by atomic mass is 16.2. The zero-order valence-electron chi connectivity index (χ0n) is 28.1. The second-order valence-corrected chi connectivity index (χ2v) is 12.8. The van der Waals surface area contributed by atoms with Crippen molar-refractivity contribution in [2.75, 3.05) is 45.6 Å². The molecule has 1 aromatic rings. The van der Waals surface area contributed by atoms with Gasteiger partial charge < -0.3 is 36.4 Å². The fourth-order valence-electron chi connectivity index (χ4n) is 5.89. The summed E-state index contributed by atoms with van der Waals surface area (Å²) in [7, 11) is 1.65. The van der Waals surface area contributed by atoms with E-state index in [9.17, 15) is 28.8 Å². The third kappa shape index (κ3) is 9.27. The van der Waals surface area contributed by atoms with Crippen LogP contribution in [0.5, 0.6) is 0 Å². The Balaban J connectivity index is 1.70. The number of hydrogen-bond donors (Lipinski definition) is 4. The van der Waals surface area contributed by atoms with Crippen molar-refractivity contribution in [1.82, 2.24) is 30.7 Å². The van der Waals surface area contributed by atoms with Crippen molar-refractivity contribution < 1.29 is 28.8 Å². The minimum absolute atomic E-state index is 0.0365. The van der Waals surface area contributed by atoms with Gasteiger partial charge in [-0.15, -0.1) is 0 Å². The van der Waals surface area contributed by atoms with Gasteiger partial charge >= 0.3 is 0 Å². The average molecular weight is 642 g/mol. The van der Waals surface area contributed by atoms with Gasteiger partial charge in [0, 0.05) is 54.8 Å². The maximum atomic E-state index is 13.5. The van der Waals surface area contributed by atoms with Crippen LogP contribution in [0.3, 0.4) is 0 Å². The average Bonchev–Trinajstić information content (AvgIpc) is 3.67. The van der Waals surface area contributed by atoms with E-state index < -0.39 is 24.0 Å². The van der Waals surface area contributed by atoms with Gasteiger partial charge in [-0.1, -0.05) is 47.5 Å². The van der Waals surface area contributed by atoms with E-state index in [1.54, 1.807) is 30.7 Å². The Morgan fingerprint density at radius 1 is 0.978 bits per heavy atom. The molecule has 4 atom stereocenters. The van der Waals surface area contributed by atoms with Crippen LogP contribution in [-0.4, -0.2) is 108 Å². The molecule has 0 spiro atoms. The third-order valence-corrected chi connectivity index (χ3v) is 8.67. The third-order valence-electron chi connectivity index (χ3n) is 8.67. The number of anilines is 1. The Hall–Kier alpha value is -4.00. The zero-order valence-corrected chi connectivity index (χ0v) is 28.1. The van der Waals surface area contributed by atoms with Crippen molar-refractivity contribution in [2.45, 2.75) is 84.8 Å². The Kier molecular flexibility index (Phi) is 13.1. The number of carbonyl (C=O) groups excluding carboxylic acids is 6. The molecule has 13 heteroatoms. The fraction of sp³-hybridized carbons (Fsp3) is 0.636. The topological polar surface area (TPSA) is 174 Å². The molecule has 2 fully saturated rings. The molecule has 5 amide bonds. The largest absolute Gasteiger partial charge is 0.399 e. The van der Waals surface area contributed by atoms with E-state index in [2.05, 4.69) is 16.0 Å². The lowest BCUT2D eigenvalue weighted by Gasteiger charge is -2.26. The summed E-state index contributed by atoms with van der Waals surface area (Å²) in [6.07, 6.45) is 2.67. The van der Waals surface area contributed by atoms with Crippen LogP contribution >= 0.6 is 0 Å². The van der Waals surface area contributed by atoms with Crippen LogP contribution in [0.4, 0.5) is 5.69 Å². The molecule has 13 nitrogen and oxygen atoms in total. The summed E-state index contributed by atoms with van der Waals surface area (Å²) < 4.78 is 0. The molecule has 4 unspecified atom stereocenters. The zero-order chi connectivity index (χ0) is 34.1. The van der Waals surface area contributed by atoms with Gasteiger partial charge in [-0.05, 0) is 44.0 Å². The van der Waals surface area contributed by atoms with Crippen LogP contribution in [-0.2, 0) is 19.2 Å². The first-order valence-electron chi connectivity index (χ1n) is 16.4. The summed E-state index contributed by atoms with van der Waals surface area (Å²) >= 11 is 0. The summed E-state index contributed by atoms with van der Waals surface area (Å²) in [5.41, 5.74) is 6.73. The lowest BCUT2D eigenvalue weighted by atomic mass is 9.98. The molecule has 1 aromatic carbocycles. The molecule has 2 aliphatic rings. The van der Waals surface area contributed by atoms with Crippen LogP contribution in [0.2, 0.25) is 0 Å². The number of Topliss-reactive ketones (excluding diaryl/α,β-unsaturated/α-hetero) is 1. The summed E-state index contributed by atoms with van der Waals surface area (Å²) in [6, 6.07) is 2.71. The number of likely N-dealkylation sites (N-methyl/N-ethyl adjacent to an activating group) is 1.